The molecule has 0 aliphatic rings. The number of nitrogens with one attached hydrogen (secondary N) is 1. The SMILES string of the molecule is COc1ccc(-c2nc(CCNC(=O)c3cccc(F)c3)c(C)o2)cc1. The van der Waals surface area contributed by atoms with Gasteiger partial charge in [0.15, 0.2) is 0 Å². The fourth-order valence-electron chi connectivity index (χ4n) is 2.54. The van der Waals surface area contributed by atoms with Crippen molar-refractivity contribution in [3.63, 3.8) is 0 Å². The first kappa shape index (κ1) is 17.7. The first-order chi connectivity index (χ1) is 12.6. The van der Waals surface area contributed by atoms with Gasteiger partial charge in [-0.1, -0.05) is 6.07 Å². The lowest BCUT2D eigenvalue weighted by Crippen LogP contribution is -2.26. The average molecular weight is 354 g/mol. The minimum atomic E-state index is -0.436. The molecular weight excluding hydrogens is 335 g/mol. The first-order valence-electron chi connectivity index (χ1n) is 8.21. The molecule has 26 heavy (non-hydrogen) atoms. The zero-order valence-electron chi connectivity index (χ0n) is 14.6. The summed E-state index contributed by atoms with van der Waals surface area (Å²) in [5.74, 6) is 1.24. The first-order valence-corrected chi connectivity index (χ1v) is 8.21. The van der Waals surface area contributed by atoms with Crippen LogP contribution in [0.4, 0.5) is 4.39 Å². The molecule has 134 valence electrons. The van der Waals surface area contributed by atoms with Crippen LogP contribution >= 0.6 is 0 Å². The Kier molecular flexibility index (Phi) is 5.31. The number of ether oxygens (including phenoxy) is 1. The highest BCUT2D eigenvalue weighted by atomic mass is 19.1. The van der Waals surface area contributed by atoms with Crippen LogP contribution < -0.4 is 10.1 Å². The van der Waals surface area contributed by atoms with Gasteiger partial charge in [0.05, 0.1) is 12.8 Å². The van der Waals surface area contributed by atoms with E-state index in [-0.39, 0.29) is 5.91 Å². The summed E-state index contributed by atoms with van der Waals surface area (Å²) in [5.41, 5.74) is 1.92. The van der Waals surface area contributed by atoms with Crippen molar-refractivity contribution in [3.05, 3.63) is 71.4 Å². The molecule has 1 heterocycles. The van der Waals surface area contributed by atoms with Gasteiger partial charge < -0.3 is 14.5 Å². The monoisotopic (exact) mass is 354 g/mol. The van der Waals surface area contributed by atoms with Gasteiger partial charge in [-0.3, -0.25) is 4.79 Å². The summed E-state index contributed by atoms with van der Waals surface area (Å²) in [6.07, 6.45) is 0.520. The number of carbonyl (C=O) groups is 1. The third-order valence-corrected chi connectivity index (χ3v) is 3.96. The molecule has 1 N–H and O–H groups in total. The van der Waals surface area contributed by atoms with Gasteiger partial charge in [-0.25, -0.2) is 9.37 Å². The Labute approximate surface area is 150 Å². The fourth-order valence-corrected chi connectivity index (χ4v) is 2.54. The number of rotatable bonds is 6. The molecule has 5 nitrogen and oxygen atoms in total. The van der Waals surface area contributed by atoms with Crippen LogP contribution in [-0.4, -0.2) is 24.5 Å². The molecule has 0 spiro atoms. The molecule has 0 unspecified atom stereocenters. The third-order valence-electron chi connectivity index (χ3n) is 3.96. The van der Waals surface area contributed by atoms with Crippen LogP contribution in [0.25, 0.3) is 11.5 Å². The molecule has 2 aromatic carbocycles. The predicted molar refractivity (Wildman–Crippen MR) is 95.7 cm³/mol. The number of aryl methyl sites for hydroxylation is 1. The number of amides is 1. The van der Waals surface area contributed by atoms with E-state index in [2.05, 4.69) is 10.3 Å². The normalized spacial score (nSPS) is 10.6. The van der Waals surface area contributed by atoms with Crippen LogP contribution in [0, 0.1) is 12.7 Å². The Morgan fingerprint density at radius 2 is 2.00 bits per heavy atom. The molecule has 1 aromatic heterocycles. The number of nitrogens with zero attached hydrogens (tertiary/aromatic N) is 1. The van der Waals surface area contributed by atoms with Gasteiger partial charge in [0.2, 0.25) is 5.89 Å². The maximum Gasteiger partial charge on any atom is 0.251 e. The van der Waals surface area contributed by atoms with Gasteiger partial charge in [0.25, 0.3) is 5.91 Å². The average Bonchev–Trinajstić information content (AvgIpc) is 3.02. The van der Waals surface area contributed by atoms with Crippen molar-refractivity contribution in [1.82, 2.24) is 10.3 Å². The molecule has 6 heteroatoms. The maximum atomic E-state index is 13.2. The zero-order chi connectivity index (χ0) is 18.5. The second-order valence-corrected chi connectivity index (χ2v) is 5.77. The van der Waals surface area contributed by atoms with Crippen molar-refractivity contribution in [1.29, 1.82) is 0 Å². The van der Waals surface area contributed by atoms with Gasteiger partial charge in [-0.2, -0.15) is 0 Å². The summed E-state index contributed by atoms with van der Waals surface area (Å²) in [5, 5.41) is 2.76. The van der Waals surface area contributed by atoms with Crippen LogP contribution in [0.3, 0.4) is 0 Å². The standard InChI is InChI=1S/C20H19FN2O3/c1-13-18(10-11-22-19(24)15-4-3-5-16(21)12-15)23-20(26-13)14-6-8-17(25-2)9-7-14/h3-9,12H,10-11H2,1-2H3,(H,22,24). The highest BCUT2D eigenvalue weighted by Crippen LogP contribution is 2.24. The van der Waals surface area contributed by atoms with Crippen molar-refractivity contribution in [3.8, 4) is 17.2 Å². The third kappa shape index (κ3) is 4.08. The van der Waals surface area contributed by atoms with Crippen LogP contribution in [0.1, 0.15) is 21.8 Å². The highest BCUT2D eigenvalue weighted by molar-refractivity contribution is 5.94. The molecule has 0 saturated carbocycles. The summed E-state index contributed by atoms with van der Waals surface area (Å²) in [6, 6.07) is 13.0. The van der Waals surface area contributed by atoms with Gasteiger partial charge in [0, 0.05) is 24.1 Å². The summed E-state index contributed by atoms with van der Waals surface area (Å²) in [7, 11) is 1.61. The number of carbonyl (C=O) groups excluding carboxylic acids is 1. The largest absolute Gasteiger partial charge is 0.497 e. The number of benzene rings is 2. The summed E-state index contributed by atoms with van der Waals surface area (Å²) in [4.78, 5) is 16.5. The molecule has 3 aromatic rings. The van der Waals surface area contributed by atoms with Crippen LogP contribution in [0.5, 0.6) is 5.75 Å². The smallest absolute Gasteiger partial charge is 0.251 e. The van der Waals surface area contributed by atoms with Crippen LogP contribution in [-0.2, 0) is 6.42 Å². The Hall–Kier alpha value is -3.15. The number of methoxy groups -OCH3 is 1. The molecule has 0 atom stereocenters. The van der Waals surface area contributed by atoms with Crippen molar-refractivity contribution in [2.75, 3.05) is 13.7 Å². The lowest BCUT2D eigenvalue weighted by atomic mass is 10.2. The van der Waals surface area contributed by atoms with Gasteiger partial charge >= 0.3 is 0 Å². The van der Waals surface area contributed by atoms with Gasteiger partial charge in [-0.15, -0.1) is 0 Å². The predicted octanol–water partition coefficient (Wildman–Crippen LogP) is 3.77. The van der Waals surface area contributed by atoms with Crippen LogP contribution in [0.15, 0.2) is 52.9 Å². The van der Waals surface area contributed by atoms with Gasteiger partial charge in [0.1, 0.15) is 17.3 Å². The number of oxazole rings is 1. The molecule has 0 bridgehead atoms. The van der Waals surface area contributed by atoms with E-state index in [0.717, 1.165) is 17.0 Å². The van der Waals surface area contributed by atoms with E-state index in [0.29, 0.717) is 30.2 Å². The van der Waals surface area contributed by atoms with E-state index in [1.807, 2.05) is 31.2 Å². The quantitative estimate of drug-likeness (QED) is 0.732. The topological polar surface area (TPSA) is 64.4 Å². The van der Waals surface area contributed by atoms with E-state index in [9.17, 15) is 9.18 Å². The number of halogens is 1. The van der Waals surface area contributed by atoms with Crippen molar-refractivity contribution in [2.45, 2.75) is 13.3 Å². The fraction of sp³-hybridized carbons (Fsp3) is 0.200. The molecule has 0 aliphatic carbocycles. The second-order valence-electron chi connectivity index (χ2n) is 5.77. The van der Waals surface area contributed by atoms with Crippen molar-refractivity contribution < 1.29 is 18.3 Å². The lowest BCUT2D eigenvalue weighted by molar-refractivity contribution is 0.0953. The molecule has 0 aliphatic heterocycles. The van der Waals surface area contributed by atoms with E-state index in [1.54, 1.807) is 13.2 Å². The zero-order valence-corrected chi connectivity index (χ0v) is 14.6. The highest BCUT2D eigenvalue weighted by Gasteiger charge is 2.12. The number of aromatic nitrogens is 1. The van der Waals surface area contributed by atoms with Gasteiger partial charge in [-0.05, 0) is 49.4 Å². The second kappa shape index (κ2) is 7.82. The minimum Gasteiger partial charge on any atom is -0.497 e. The van der Waals surface area contributed by atoms with E-state index >= 15 is 0 Å². The summed E-state index contributed by atoms with van der Waals surface area (Å²) < 4.78 is 24.0. The number of hydrogen-bond donors (Lipinski definition) is 1. The van der Waals surface area contributed by atoms with E-state index < -0.39 is 5.82 Å². The summed E-state index contributed by atoms with van der Waals surface area (Å²) >= 11 is 0. The molecule has 0 fully saturated rings. The Morgan fingerprint density at radius 3 is 2.69 bits per heavy atom. The van der Waals surface area contributed by atoms with Crippen molar-refractivity contribution >= 4 is 5.91 Å². The minimum absolute atomic E-state index is 0.292. The molecule has 0 radical (unpaired) electrons. The Morgan fingerprint density at radius 1 is 1.23 bits per heavy atom. The van der Waals surface area contributed by atoms with Crippen LogP contribution in [0.2, 0.25) is 0 Å². The Bertz CT molecular complexity index is 904. The maximum absolute atomic E-state index is 13.2. The number of hydrogen-bond acceptors (Lipinski definition) is 4. The lowest BCUT2D eigenvalue weighted by Gasteiger charge is -2.04. The Balaban J connectivity index is 1.61. The molecule has 3 rings (SSSR count). The molecule has 0 saturated heterocycles. The van der Waals surface area contributed by atoms with E-state index in [4.69, 9.17) is 9.15 Å². The molecule has 1 amide bonds. The summed E-state index contributed by atoms with van der Waals surface area (Å²) in [6.45, 7) is 2.22. The van der Waals surface area contributed by atoms with Crippen molar-refractivity contribution in [2.24, 2.45) is 0 Å². The molecular formula is C20H19FN2O3. The van der Waals surface area contributed by atoms with E-state index in [1.165, 1.54) is 18.2 Å².